The molecule has 2 aliphatic heterocycles. The molecule has 6 rings (SSSR count). The zero-order chi connectivity index (χ0) is 26.6. The summed E-state index contributed by atoms with van der Waals surface area (Å²) in [5.74, 6) is 1.72. The monoisotopic (exact) mass is 562 g/mol. The molecular formula is C29H30N4O4S2. The predicted octanol–water partition coefficient (Wildman–Crippen LogP) is 4.23. The number of fused-ring (bicyclic) bond motifs is 1. The van der Waals surface area contributed by atoms with Crippen molar-refractivity contribution in [2.24, 2.45) is 0 Å². The van der Waals surface area contributed by atoms with Gasteiger partial charge in [-0.3, -0.25) is 24.8 Å². The highest BCUT2D eigenvalue weighted by Gasteiger charge is 2.34. The molecule has 4 aromatic rings. The number of pyridine rings is 1. The molecule has 1 N–H and O–H groups in total. The number of thioether (sulfide) groups is 1. The van der Waals surface area contributed by atoms with E-state index < -0.39 is 0 Å². The number of aromatic nitrogens is 1. The number of hydrogen-bond acceptors (Lipinski definition) is 9. The third kappa shape index (κ3) is 5.74. The molecule has 0 aliphatic carbocycles. The molecule has 10 heteroatoms. The van der Waals surface area contributed by atoms with Crippen molar-refractivity contribution in [1.82, 2.24) is 20.1 Å². The van der Waals surface area contributed by atoms with Crippen molar-refractivity contribution in [3.05, 3.63) is 82.1 Å². The Balaban J connectivity index is 0.997. The van der Waals surface area contributed by atoms with Crippen LogP contribution in [0.2, 0.25) is 0 Å². The quantitative estimate of drug-likeness (QED) is 0.319. The molecule has 5 heterocycles. The van der Waals surface area contributed by atoms with Gasteiger partial charge in [-0.15, -0.1) is 23.1 Å². The van der Waals surface area contributed by atoms with Crippen LogP contribution in [0, 0.1) is 0 Å². The minimum absolute atomic E-state index is 0.110. The molecule has 0 bridgehead atoms. The van der Waals surface area contributed by atoms with Crippen LogP contribution in [0.3, 0.4) is 0 Å². The summed E-state index contributed by atoms with van der Waals surface area (Å²) in [4.78, 5) is 35.7. The van der Waals surface area contributed by atoms with Gasteiger partial charge in [-0.05, 0) is 41.6 Å². The minimum Gasteiger partial charge on any atom is -0.486 e. The van der Waals surface area contributed by atoms with Crippen molar-refractivity contribution in [2.45, 2.75) is 17.8 Å². The second-order valence-electron chi connectivity index (χ2n) is 9.65. The summed E-state index contributed by atoms with van der Waals surface area (Å²) in [7, 11) is 0. The van der Waals surface area contributed by atoms with E-state index in [-0.39, 0.29) is 28.5 Å². The fourth-order valence-corrected chi connectivity index (χ4v) is 6.96. The van der Waals surface area contributed by atoms with Gasteiger partial charge in [-0.2, -0.15) is 0 Å². The third-order valence-corrected chi connectivity index (χ3v) is 9.25. The largest absolute Gasteiger partial charge is 0.486 e. The molecule has 0 saturated carbocycles. The number of carbonyl (C=O) groups is 1. The van der Waals surface area contributed by atoms with Gasteiger partial charge in [0.05, 0.1) is 28.3 Å². The fraction of sp³-hybridized carbons (Fsp3) is 0.345. The maximum absolute atomic E-state index is 13.2. The van der Waals surface area contributed by atoms with E-state index in [4.69, 9.17) is 9.15 Å². The van der Waals surface area contributed by atoms with E-state index >= 15 is 0 Å². The summed E-state index contributed by atoms with van der Waals surface area (Å²) in [6.45, 7) is 4.36. The number of rotatable bonds is 8. The fourth-order valence-electron chi connectivity index (χ4n) is 5.04. The van der Waals surface area contributed by atoms with Gasteiger partial charge >= 0.3 is 0 Å². The number of nitrogens with zero attached hydrogens (tertiary/aromatic N) is 3. The van der Waals surface area contributed by atoms with Crippen LogP contribution in [0.1, 0.15) is 17.4 Å². The summed E-state index contributed by atoms with van der Waals surface area (Å²) in [6, 6.07) is 15.0. The van der Waals surface area contributed by atoms with Gasteiger partial charge in [0.2, 0.25) is 17.1 Å². The van der Waals surface area contributed by atoms with Crippen LogP contribution < -0.4 is 15.5 Å². The molecule has 1 aromatic carbocycles. The van der Waals surface area contributed by atoms with Crippen LogP contribution in [0.5, 0.6) is 5.75 Å². The SMILES string of the molecule is O=C([C@@H]1CSC(c2cccnc2)N1)N1CCN(CCCOc2c(-c3cccs3)oc3ccccc3c2=O)CC1. The molecule has 2 atom stereocenters. The minimum atomic E-state index is -0.161. The predicted molar refractivity (Wildman–Crippen MR) is 155 cm³/mol. The van der Waals surface area contributed by atoms with Crippen LogP contribution in [0.4, 0.5) is 0 Å². The Labute approximate surface area is 235 Å². The summed E-state index contributed by atoms with van der Waals surface area (Å²) in [5, 5.41) is 6.06. The maximum Gasteiger partial charge on any atom is 0.240 e. The average Bonchev–Trinajstić information content (AvgIpc) is 3.70. The number of ether oxygens (including phenoxy) is 1. The number of benzene rings is 1. The smallest absolute Gasteiger partial charge is 0.240 e. The Hall–Kier alpha value is -3.18. The highest BCUT2D eigenvalue weighted by Crippen LogP contribution is 2.34. The third-order valence-electron chi connectivity index (χ3n) is 7.12. The van der Waals surface area contributed by atoms with Crippen molar-refractivity contribution < 1.29 is 13.9 Å². The first-order valence-electron chi connectivity index (χ1n) is 13.2. The van der Waals surface area contributed by atoms with E-state index in [0.717, 1.165) is 55.3 Å². The van der Waals surface area contributed by atoms with Crippen molar-refractivity contribution in [2.75, 3.05) is 45.1 Å². The van der Waals surface area contributed by atoms with Crippen molar-refractivity contribution in [3.63, 3.8) is 0 Å². The second kappa shape index (κ2) is 11.9. The van der Waals surface area contributed by atoms with Crippen LogP contribution >= 0.6 is 23.1 Å². The molecule has 1 unspecified atom stereocenters. The normalized spacial score (nSPS) is 19.9. The lowest BCUT2D eigenvalue weighted by molar-refractivity contribution is -0.134. The molecule has 8 nitrogen and oxygen atoms in total. The molecule has 2 aliphatic rings. The van der Waals surface area contributed by atoms with E-state index in [1.807, 2.05) is 58.9 Å². The van der Waals surface area contributed by atoms with Gasteiger partial charge in [0.25, 0.3) is 0 Å². The van der Waals surface area contributed by atoms with Gasteiger partial charge in [-0.1, -0.05) is 24.3 Å². The number of hydrogen-bond donors (Lipinski definition) is 1. The molecule has 1 amide bonds. The van der Waals surface area contributed by atoms with Crippen LogP contribution in [0.15, 0.2) is 75.5 Å². The first-order valence-corrected chi connectivity index (χ1v) is 15.1. The topological polar surface area (TPSA) is 87.9 Å². The summed E-state index contributed by atoms with van der Waals surface area (Å²) in [6.07, 6.45) is 4.40. The maximum atomic E-state index is 13.2. The van der Waals surface area contributed by atoms with E-state index in [0.29, 0.717) is 23.3 Å². The average molecular weight is 563 g/mol. The lowest BCUT2D eigenvalue weighted by Gasteiger charge is -2.36. The summed E-state index contributed by atoms with van der Waals surface area (Å²) >= 11 is 3.28. The van der Waals surface area contributed by atoms with E-state index in [2.05, 4.69) is 15.2 Å². The second-order valence-corrected chi connectivity index (χ2v) is 11.7. The lowest BCUT2D eigenvalue weighted by Crippen LogP contribution is -2.53. The highest BCUT2D eigenvalue weighted by molar-refractivity contribution is 7.99. The summed E-state index contributed by atoms with van der Waals surface area (Å²) < 4.78 is 12.2. The number of carbonyl (C=O) groups excluding carboxylic acids is 1. The molecule has 0 radical (unpaired) electrons. The zero-order valence-corrected chi connectivity index (χ0v) is 23.1. The van der Waals surface area contributed by atoms with Crippen molar-refractivity contribution >= 4 is 40.0 Å². The molecule has 0 spiro atoms. The van der Waals surface area contributed by atoms with Gasteiger partial charge < -0.3 is 14.1 Å². The molecule has 2 saturated heterocycles. The lowest BCUT2D eigenvalue weighted by atomic mass is 10.2. The number of para-hydroxylation sites is 1. The number of amides is 1. The Morgan fingerprint density at radius 1 is 1.10 bits per heavy atom. The first-order chi connectivity index (χ1) is 19.2. The van der Waals surface area contributed by atoms with Gasteiger partial charge in [0, 0.05) is 50.9 Å². The van der Waals surface area contributed by atoms with E-state index in [1.165, 1.54) is 11.3 Å². The Bertz CT molecular complexity index is 1470. The highest BCUT2D eigenvalue weighted by atomic mass is 32.2. The summed E-state index contributed by atoms with van der Waals surface area (Å²) in [5.41, 5.74) is 1.52. The van der Waals surface area contributed by atoms with Gasteiger partial charge in [-0.25, -0.2) is 0 Å². The molecule has 3 aromatic heterocycles. The van der Waals surface area contributed by atoms with Gasteiger partial charge in [0.1, 0.15) is 5.58 Å². The van der Waals surface area contributed by atoms with E-state index in [9.17, 15) is 9.59 Å². The van der Waals surface area contributed by atoms with E-state index in [1.54, 1.807) is 24.0 Å². The van der Waals surface area contributed by atoms with Crippen LogP contribution in [-0.2, 0) is 4.79 Å². The number of thiophene rings is 1. The van der Waals surface area contributed by atoms with Crippen LogP contribution in [-0.4, -0.2) is 71.8 Å². The molecule has 202 valence electrons. The molecule has 39 heavy (non-hydrogen) atoms. The molecule has 2 fully saturated rings. The van der Waals surface area contributed by atoms with Crippen molar-refractivity contribution in [1.29, 1.82) is 0 Å². The van der Waals surface area contributed by atoms with Gasteiger partial charge in [0.15, 0.2) is 5.76 Å². The first kappa shape index (κ1) is 26.1. The Kier molecular flexibility index (Phi) is 7.96. The van der Waals surface area contributed by atoms with Crippen molar-refractivity contribution in [3.8, 4) is 16.4 Å². The Morgan fingerprint density at radius 3 is 2.77 bits per heavy atom. The van der Waals surface area contributed by atoms with Crippen LogP contribution in [0.25, 0.3) is 21.6 Å². The zero-order valence-electron chi connectivity index (χ0n) is 21.5. The standard InChI is InChI=1S/C29H30N4O4S2/c34-25-21-7-1-2-8-23(21)37-26(24-9-4-17-38-24)27(25)36-16-5-11-32-12-14-33(15-13-32)29(35)22-19-39-28(31-22)20-6-3-10-30-18-20/h1-4,6-10,17-18,22,28,31H,5,11-16,19H2/t22-,28?/m0/s1. The Morgan fingerprint density at radius 2 is 1.97 bits per heavy atom. The molecular weight excluding hydrogens is 532 g/mol. The number of piperazine rings is 1. The number of nitrogens with one attached hydrogen (secondary N) is 1.